The summed E-state index contributed by atoms with van der Waals surface area (Å²) in [6, 6.07) is 20.3. The third-order valence-corrected chi connectivity index (χ3v) is 3.45. The van der Waals surface area contributed by atoms with Crippen molar-refractivity contribution in [3.8, 4) is 0 Å². The molecular formula is C17H18O2. The van der Waals surface area contributed by atoms with Gasteiger partial charge in [-0.05, 0) is 0 Å². The first-order valence-electron chi connectivity index (χ1n) is 6.70. The van der Waals surface area contributed by atoms with Crippen LogP contribution in [0.4, 0.5) is 0 Å². The molecule has 19 heavy (non-hydrogen) atoms. The predicted octanol–water partition coefficient (Wildman–Crippen LogP) is 3.57. The lowest BCUT2D eigenvalue weighted by molar-refractivity contribution is -0.265. The van der Waals surface area contributed by atoms with Crippen molar-refractivity contribution in [3.63, 3.8) is 0 Å². The number of rotatable bonds is 2. The normalized spacial score (nSPS) is 19.2. The summed E-state index contributed by atoms with van der Waals surface area (Å²) in [6.45, 7) is 3.56. The summed E-state index contributed by atoms with van der Waals surface area (Å²) in [5.41, 5.74) is 2.10. The van der Waals surface area contributed by atoms with Crippen LogP contribution in [0.2, 0.25) is 0 Å². The Morgan fingerprint density at radius 3 is 1.63 bits per heavy atom. The van der Waals surface area contributed by atoms with Crippen LogP contribution >= 0.6 is 0 Å². The van der Waals surface area contributed by atoms with Gasteiger partial charge in [0.2, 0.25) is 5.79 Å². The van der Waals surface area contributed by atoms with Crippen LogP contribution < -0.4 is 0 Å². The van der Waals surface area contributed by atoms with Gasteiger partial charge in [-0.3, -0.25) is 0 Å². The first kappa shape index (κ1) is 12.4. The first-order chi connectivity index (χ1) is 9.31. The van der Waals surface area contributed by atoms with Gasteiger partial charge in [0, 0.05) is 17.0 Å². The highest BCUT2D eigenvalue weighted by molar-refractivity contribution is 5.34. The van der Waals surface area contributed by atoms with Gasteiger partial charge in [-0.1, -0.05) is 67.6 Å². The second-order valence-electron chi connectivity index (χ2n) is 5.08. The zero-order valence-corrected chi connectivity index (χ0v) is 11.1. The van der Waals surface area contributed by atoms with E-state index in [4.69, 9.17) is 9.47 Å². The third-order valence-electron chi connectivity index (χ3n) is 3.45. The Hall–Kier alpha value is -1.64. The van der Waals surface area contributed by atoms with E-state index in [1.807, 2.05) is 36.4 Å². The molecule has 0 unspecified atom stereocenters. The van der Waals surface area contributed by atoms with Gasteiger partial charge < -0.3 is 9.47 Å². The molecule has 0 saturated carbocycles. The van der Waals surface area contributed by atoms with Crippen molar-refractivity contribution >= 4 is 0 Å². The molecule has 2 aromatic rings. The molecule has 98 valence electrons. The first-order valence-corrected chi connectivity index (χ1v) is 6.70. The summed E-state index contributed by atoms with van der Waals surface area (Å²) >= 11 is 0. The van der Waals surface area contributed by atoms with Crippen LogP contribution in [0, 0.1) is 5.92 Å². The molecule has 2 aromatic carbocycles. The minimum atomic E-state index is -0.755. The van der Waals surface area contributed by atoms with Gasteiger partial charge in [0.1, 0.15) is 0 Å². The largest absolute Gasteiger partial charge is 0.342 e. The molecular weight excluding hydrogens is 236 g/mol. The van der Waals surface area contributed by atoms with E-state index >= 15 is 0 Å². The number of benzene rings is 2. The highest BCUT2D eigenvalue weighted by Gasteiger charge is 2.40. The maximum Gasteiger partial charge on any atom is 0.222 e. The van der Waals surface area contributed by atoms with E-state index in [0.29, 0.717) is 19.1 Å². The van der Waals surface area contributed by atoms with Crippen LogP contribution in [-0.2, 0) is 15.3 Å². The molecule has 0 N–H and O–H groups in total. The Bertz CT molecular complexity index is 472. The molecule has 1 aliphatic rings. The van der Waals surface area contributed by atoms with E-state index in [-0.39, 0.29) is 0 Å². The summed E-state index contributed by atoms with van der Waals surface area (Å²) < 4.78 is 12.3. The maximum atomic E-state index is 6.13. The van der Waals surface area contributed by atoms with Crippen LogP contribution in [0.3, 0.4) is 0 Å². The molecule has 1 aliphatic heterocycles. The fourth-order valence-electron chi connectivity index (χ4n) is 2.42. The lowest BCUT2D eigenvalue weighted by Gasteiger charge is -2.40. The van der Waals surface area contributed by atoms with Crippen LogP contribution in [0.25, 0.3) is 0 Å². The second-order valence-corrected chi connectivity index (χ2v) is 5.08. The van der Waals surface area contributed by atoms with Crippen LogP contribution in [-0.4, -0.2) is 13.2 Å². The zero-order valence-electron chi connectivity index (χ0n) is 11.1. The Morgan fingerprint density at radius 1 is 0.789 bits per heavy atom. The highest BCUT2D eigenvalue weighted by atomic mass is 16.7. The van der Waals surface area contributed by atoms with Crippen molar-refractivity contribution in [2.24, 2.45) is 5.92 Å². The Labute approximate surface area is 114 Å². The number of hydrogen-bond donors (Lipinski definition) is 0. The molecule has 0 radical (unpaired) electrons. The zero-order chi connectivity index (χ0) is 13.1. The van der Waals surface area contributed by atoms with Crippen molar-refractivity contribution in [2.75, 3.05) is 13.2 Å². The predicted molar refractivity (Wildman–Crippen MR) is 74.7 cm³/mol. The van der Waals surface area contributed by atoms with Gasteiger partial charge in [-0.2, -0.15) is 0 Å². The van der Waals surface area contributed by atoms with Gasteiger partial charge >= 0.3 is 0 Å². The minimum absolute atomic E-state index is 0.431. The average Bonchev–Trinajstić information content (AvgIpc) is 2.50. The minimum Gasteiger partial charge on any atom is -0.342 e. The van der Waals surface area contributed by atoms with E-state index in [0.717, 1.165) is 11.1 Å². The number of hydrogen-bond acceptors (Lipinski definition) is 2. The van der Waals surface area contributed by atoms with Gasteiger partial charge in [0.25, 0.3) is 0 Å². The van der Waals surface area contributed by atoms with Crippen molar-refractivity contribution < 1.29 is 9.47 Å². The molecule has 0 bridgehead atoms. The summed E-state index contributed by atoms with van der Waals surface area (Å²) in [5, 5.41) is 0. The maximum absolute atomic E-state index is 6.13. The monoisotopic (exact) mass is 254 g/mol. The van der Waals surface area contributed by atoms with E-state index in [1.165, 1.54) is 0 Å². The van der Waals surface area contributed by atoms with E-state index < -0.39 is 5.79 Å². The Kier molecular flexibility index (Phi) is 3.36. The summed E-state index contributed by atoms with van der Waals surface area (Å²) in [5.74, 6) is -0.324. The Morgan fingerprint density at radius 2 is 1.21 bits per heavy atom. The van der Waals surface area contributed by atoms with Crippen molar-refractivity contribution in [1.82, 2.24) is 0 Å². The summed E-state index contributed by atoms with van der Waals surface area (Å²) in [7, 11) is 0. The lowest BCUT2D eigenvalue weighted by Crippen LogP contribution is -2.42. The molecule has 0 aromatic heterocycles. The van der Waals surface area contributed by atoms with Crippen LogP contribution in [0.15, 0.2) is 60.7 Å². The van der Waals surface area contributed by atoms with Crippen LogP contribution in [0.5, 0.6) is 0 Å². The molecule has 1 fully saturated rings. The third kappa shape index (κ3) is 2.29. The lowest BCUT2D eigenvalue weighted by atomic mass is 9.95. The van der Waals surface area contributed by atoms with E-state index in [1.54, 1.807) is 0 Å². The van der Waals surface area contributed by atoms with Gasteiger partial charge in [0.05, 0.1) is 13.2 Å². The standard InChI is InChI=1S/C17H18O2/c1-14-12-18-17(19-13-14,15-8-4-2-5-9-15)16-10-6-3-7-11-16/h2-11,14H,12-13H2,1H3. The molecule has 2 heteroatoms. The molecule has 1 heterocycles. The molecule has 0 spiro atoms. The topological polar surface area (TPSA) is 18.5 Å². The fourth-order valence-corrected chi connectivity index (χ4v) is 2.42. The van der Waals surface area contributed by atoms with Crippen LogP contribution in [0.1, 0.15) is 18.1 Å². The van der Waals surface area contributed by atoms with Gasteiger partial charge in [-0.25, -0.2) is 0 Å². The van der Waals surface area contributed by atoms with E-state index in [9.17, 15) is 0 Å². The SMILES string of the molecule is CC1COC(c2ccccc2)(c2ccccc2)OC1. The van der Waals surface area contributed by atoms with E-state index in [2.05, 4.69) is 31.2 Å². The average molecular weight is 254 g/mol. The molecule has 2 nitrogen and oxygen atoms in total. The van der Waals surface area contributed by atoms with Crippen molar-refractivity contribution in [2.45, 2.75) is 12.7 Å². The molecule has 0 aliphatic carbocycles. The quantitative estimate of drug-likeness (QED) is 0.815. The highest BCUT2D eigenvalue weighted by Crippen LogP contribution is 2.38. The summed E-state index contributed by atoms with van der Waals surface area (Å²) in [6.07, 6.45) is 0. The molecule has 0 amide bonds. The molecule has 1 saturated heterocycles. The fraction of sp³-hybridized carbons (Fsp3) is 0.294. The summed E-state index contributed by atoms with van der Waals surface area (Å²) in [4.78, 5) is 0. The number of ether oxygens (including phenoxy) is 2. The molecule has 0 atom stereocenters. The van der Waals surface area contributed by atoms with Gasteiger partial charge in [-0.15, -0.1) is 0 Å². The molecule has 3 rings (SSSR count). The van der Waals surface area contributed by atoms with Gasteiger partial charge in [0.15, 0.2) is 0 Å². The van der Waals surface area contributed by atoms with Crippen molar-refractivity contribution in [1.29, 1.82) is 0 Å². The second kappa shape index (κ2) is 5.16. The smallest absolute Gasteiger partial charge is 0.222 e. The van der Waals surface area contributed by atoms with Crippen molar-refractivity contribution in [3.05, 3.63) is 71.8 Å². The Balaban J connectivity index is 2.06.